The molecule has 0 saturated carbocycles. The largest absolute Gasteiger partial charge is 0.467 e. The van der Waals surface area contributed by atoms with Crippen molar-refractivity contribution in [3.63, 3.8) is 0 Å². The van der Waals surface area contributed by atoms with Crippen LogP contribution in [0.25, 0.3) is 0 Å². The van der Waals surface area contributed by atoms with Crippen molar-refractivity contribution in [3.05, 3.63) is 48.4 Å². The number of rotatable bonds is 4. The van der Waals surface area contributed by atoms with Crippen molar-refractivity contribution in [3.8, 4) is 0 Å². The monoisotopic (exact) mass is 256 g/mol. The van der Waals surface area contributed by atoms with E-state index in [1.54, 1.807) is 6.26 Å². The average Bonchev–Trinajstić information content (AvgIpc) is 3.00. The molecule has 0 bridgehead atoms. The first kappa shape index (κ1) is 12.2. The molecule has 0 aliphatic carbocycles. The zero-order valence-electron chi connectivity index (χ0n) is 11.1. The van der Waals surface area contributed by atoms with Gasteiger partial charge in [0.2, 0.25) is 0 Å². The van der Waals surface area contributed by atoms with E-state index >= 15 is 0 Å². The molecule has 1 aliphatic heterocycles. The van der Waals surface area contributed by atoms with Crippen LogP contribution in [0, 0.1) is 0 Å². The Morgan fingerprint density at radius 3 is 2.47 bits per heavy atom. The van der Waals surface area contributed by atoms with E-state index in [-0.39, 0.29) is 0 Å². The van der Waals surface area contributed by atoms with E-state index in [0.717, 1.165) is 18.0 Å². The molecular weight excluding hydrogens is 236 g/mol. The summed E-state index contributed by atoms with van der Waals surface area (Å²) in [5, 5.41) is 3.36. The number of piperidine rings is 1. The molecule has 19 heavy (non-hydrogen) atoms. The fourth-order valence-electron chi connectivity index (χ4n) is 2.54. The molecule has 3 heteroatoms. The Morgan fingerprint density at radius 2 is 1.79 bits per heavy atom. The third-order valence-electron chi connectivity index (χ3n) is 3.64. The maximum atomic E-state index is 5.30. The summed E-state index contributed by atoms with van der Waals surface area (Å²) in [6.45, 7) is 3.12. The summed E-state index contributed by atoms with van der Waals surface area (Å²) >= 11 is 0. The van der Waals surface area contributed by atoms with Crippen LogP contribution in [0.5, 0.6) is 0 Å². The summed E-state index contributed by atoms with van der Waals surface area (Å²) in [7, 11) is 0. The van der Waals surface area contributed by atoms with Crippen LogP contribution < -0.4 is 10.2 Å². The highest BCUT2D eigenvalue weighted by Crippen LogP contribution is 2.22. The van der Waals surface area contributed by atoms with Crippen LogP contribution in [0.1, 0.15) is 25.0 Å². The minimum atomic E-state index is 0.732. The molecule has 2 aromatic rings. The lowest BCUT2D eigenvalue weighted by atomic mass is 10.1. The van der Waals surface area contributed by atoms with E-state index in [2.05, 4.69) is 34.5 Å². The predicted octanol–water partition coefficient (Wildman–Crippen LogP) is 3.88. The summed E-state index contributed by atoms with van der Waals surface area (Å²) in [5.74, 6) is 0.958. The first-order valence-corrected chi connectivity index (χ1v) is 7.03. The molecular formula is C16H20N2O. The van der Waals surface area contributed by atoms with E-state index in [0.29, 0.717) is 0 Å². The van der Waals surface area contributed by atoms with Gasteiger partial charge >= 0.3 is 0 Å². The third kappa shape index (κ3) is 3.11. The molecule has 2 heterocycles. The van der Waals surface area contributed by atoms with Crippen molar-refractivity contribution in [1.29, 1.82) is 0 Å². The van der Waals surface area contributed by atoms with Gasteiger partial charge in [-0.3, -0.25) is 0 Å². The molecule has 1 N–H and O–H groups in total. The number of hydrogen-bond donors (Lipinski definition) is 1. The summed E-state index contributed by atoms with van der Waals surface area (Å²) in [4.78, 5) is 2.47. The molecule has 100 valence electrons. The van der Waals surface area contributed by atoms with Crippen molar-refractivity contribution < 1.29 is 4.42 Å². The second-order valence-electron chi connectivity index (χ2n) is 5.03. The van der Waals surface area contributed by atoms with Crippen molar-refractivity contribution in [2.24, 2.45) is 0 Å². The summed E-state index contributed by atoms with van der Waals surface area (Å²) < 4.78 is 5.30. The lowest BCUT2D eigenvalue weighted by Gasteiger charge is -2.28. The first-order chi connectivity index (χ1) is 9.42. The van der Waals surface area contributed by atoms with E-state index < -0.39 is 0 Å². The molecule has 1 aromatic carbocycles. The Bertz CT molecular complexity index is 484. The highest BCUT2D eigenvalue weighted by Gasteiger charge is 2.10. The highest BCUT2D eigenvalue weighted by molar-refractivity contribution is 5.55. The maximum Gasteiger partial charge on any atom is 0.122 e. The smallest absolute Gasteiger partial charge is 0.122 e. The zero-order chi connectivity index (χ0) is 12.9. The van der Waals surface area contributed by atoms with Crippen LogP contribution in [-0.4, -0.2) is 13.1 Å². The molecule has 0 radical (unpaired) electrons. The van der Waals surface area contributed by atoms with Gasteiger partial charge < -0.3 is 14.6 Å². The number of benzene rings is 1. The van der Waals surface area contributed by atoms with Gasteiger partial charge in [-0.1, -0.05) is 0 Å². The molecule has 0 amide bonds. The van der Waals surface area contributed by atoms with Gasteiger partial charge in [-0.05, 0) is 55.7 Å². The first-order valence-electron chi connectivity index (χ1n) is 7.03. The van der Waals surface area contributed by atoms with Crippen LogP contribution in [0.4, 0.5) is 11.4 Å². The maximum absolute atomic E-state index is 5.30. The minimum absolute atomic E-state index is 0.732. The fraction of sp³-hybridized carbons (Fsp3) is 0.375. The van der Waals surface area contributed by atoms with Crippen molar-refractivity contribution in [1.82, 2.24) is 0 Å². The van der Waals surface area contributed by atoms with E-state index in [1.165, 1.54) is 38.0 Å². The van der Waals surface area contributed by atoms with Gasteiger partial charge in [0.05, 0.1) is 12.8 Å². The van der Waals surface area contributed by atoms with E-state index in [1.807, 2.05) is 12.1 Å². The molecule has 3 rings (SSSR count). The minimum Gasteiger partial charge on any atom is -0.467 e. The van der Waals surface area contributed by atoms with Gasteiger partial charge in [0.1, 0.15) is 5.76 Å². The molecule has 0 atom stereocenters. The van der Waals surface area contributed by atoms with Gasteiger partial charge in [0, 0.05) is 24.5 Å². The van der Waals surface area contributed by atoms with Crippen LogP contribution >= 0.6 is 0 Å². The number of hydrogen-bond acceptors (Lipinski definition) is 3. The van der Waals surface area contributed by atoms with Gasteiger partial charge in [0.25, 0.3) is 0 Å². The standard InChI is InChI=1S/C16H20N2O/c1-2-10-18(11-3-1)15-8-6-14(7-9-15)17-13-16-5-4-12-19-16/h4-9,12,17H,1-3,10-11,13H2. The lowest BCUT2D eigenvalue weighted by molar-refractivity contribution is 0.518. The summed E-state index contributed by atoms with van der Waals surface area (Å²) in [5.41, 5.74) is 2.47. The second kappa shape index (κ2) is 5.83. The predicted molar refractivity (Wildman–Crippen MR) is 78.5 cm³/mol. The Kier molecular flexibility index (Phi) is 3.73. The van der Waals surface area contributed by atoms with Gasteiger partial charge in [0.15, 0.2) is 0 Å². The number of anilines is 2. The molecule has 0 spiro atoms. The quantitative estimate of drug-likeness (QED) is 0.899. The number of nitrogens with zero attached hydrogens (tertiary/aromatic N) is 1. The van der Waals surface area contributed by atoms with Crippen molar-refractivity contribution in [2.75, 3.05) is 23.3 Å². The number of nitrogens with one attached hydrogen (secondary N) is 1. The van der Waals surface area contributed by atoms with Crippen LogP contribution in [0.3, 0.4) is 0 Å². The van der Waals surface area contributed by atoms with Crippen LogP contribution in [0.2, 0.25) is 0 Å². The Morgan fingerprint density at radius 1 is 1.00 bits per heavy atom. The molecule has 1 saturated heterocycles. The average molecular weight is 256 g/mol. The molecule has 3 nitrogen and oxygen atoms in total. The summed E-state index contributed by atoms with van der Waals surface area (Å²) in [6, 6.07) is 12.6. The molecule has 1 aliphatic rings. The topological polar surface area (TPSA) is 28.4 Å². The Balaban J connectivity index is 1.58. The lowest BCUT2D eigenvalue weighted by Crippen LogP contribution is -2.29. The van der Waals surface area contributed by atoms with Crippen LogP contribution in [-0.2, 0) is 6.54 Å². The SMILES string of the molecule is c1coc(CNc2ccc(N3CCCCC3)cc2)c1. The Labute approximate surface area is 114 Å². The second-order valence-corrected chi connectivity index (χ2v) is 5.03. The van der Waals surface area contributed by atoms with Crippen molar-refractivity contribution >= 4 is 11.4 Å². The third-order valence-corrected chi connectivity index (χ3v) is 3.64. The highest BCUT2D eigenvalue weighted by atomic mass is 16.3. The zero-order valence-corrected chi connectivity index (χ0v) is 11.1. The molecule has 0 unspecified atom stereocenters. The van der Waals surface area contributed by atoms with Gasteiger partial charge in [-0.2, -0.15) is 0 Å². The van der Waals surface area contributed by atoms with E-state index in [9.17, 15) is 0 Å². The number of furan rings is 1. The van der Waals surface area contributed by atoms with Gasteiger partial charge in [-0.25, -0.2) is 0 Å². The van der Waals surface area contributed by atoms with Crippen molar-refractivity contribution in [2.45, 2.75) is 25.8 Å². The molecule has 1 fully saturated rings. The Hall–Kier alpha value is -1.90. The fourth-order valence-corrected chi connectivity index (χ4v) is 2.54. The van der Waals surface area contributed by atoms with Gasteiger partial charge in [-0.15, -0.1) is 0 Å². The summed E-state index contributed by atoms with van der Waals surface area (Å²) in [6.07, 6.45) is 5.72. The normalized spacial score (nSPS) is 15.5. The molecule has 1 aromatic heterocycles. The van der Waals surface area contributed by atoms with Crippen LogP contribution in [0.15, 0.2) is 47.1 Å². The van der Waals surface area contributed by atoms with E-state index in [4.69, 9.17) is 4.42 Å².